The van der Waals surface area contributed by atoms with E-state index in [1.807, 2.05) is 32.9 Å². The van der Waals surface area contributed by atoms with Gasteiger partial charge in [-0.25, -0.2) is 4.79 Å². The molecule has 5 heteroatoms. The summed E-state index contributed by atoms with van der Waals surface area (Å²) in [6.45, 7) is 7.83. The number of amides is 1. The molecule has 1 aliphatic heterocycles. The third kappa shape index (κ3) is 4.56. The van der Waals surface area contributed by atoms with Crippen LogP contribution in [0.25, 0.3) is 0 Å². The Balaban J connectivity index is 1.80. The first-order valence-electron chi connectivity index (χ1n) is 7.18. The number of carbonyl (C=O) groups is 1. The Morgan fingerprint density at radius 2 is 2.35 bits per heavy atom. The molecule has 0 aromatic carbocycles. The van der Waals surface area contributed by atoms with Gasteiger partial charge in [-0.1, -0.05) is 0 Å². The molecular formula is C15H24N2O3. The number of piperidine rings is 1. The van der Waals surface area contributed by atoms with Gasteiger partial charge in [-0.15, -0.1) is 0 Å². The van der Waals surface area contributed by atoms with Crippen LogP contribution in [-0.4, -0.2) is 35.7 Å². The highest BCUT2D eigenvalue weighted by molar-refractivity contribution is 5.68. The van der Waals surface area contributed by atoms with Crippen molar-refractivity contribution in [3.8, 4) is 0 Å². The summed E-state index contributed by atoms with van der Waals surface area (Å²) in [5, 5.41) is 3.43. The molecular weight excluding hydrogens is 256 g/mol. The van der Waals surface area contributed by atoms with Crippen molar-refractivity contribution < 1.29 is 13.9 Å². The summed E-state index contributed by atoms with van der Waals surface area (Å²) in [4.78, 5) is 13.8. The zero-order valence-electron chi connectivity index (χ0n) is 12.5. The van der Waals surface area contributed by atoms with Gasteiger partial charge in [0.1, 0.15) is 11.4 Å². The molecule has 0 radical (unpaired) electrons. The third-order valence-electron chi connectivity index (χ3n) is 3.22. The van der Waals surface area contributed by atoms with Crippen LogP contribution in [0.2, 0.25) is 0 Å². The largest absolute Gasteiger partial charge is 0.468 e. The van der Waals surface area contributed by atoms with Crippen molar-refractivity contribution in [3.05, 3.63) is 24.2 Å². The molecule has 1 aromatic rings. The molecule has 1 aliphatic rings. The fraction of sp³-hybridized carbons (Fsp3) is 0.667. The standard InChI is InChI=1S/C15H24N2O3/c1-15(2,3)20-14(18)17-8-4-6-12(11-17)16-10-13-7-5-9-19-13/h5,7,9,12,16H,4,6,8,10-11H2,1-3H3. The number of nitrogens with one attached hydrogen (secondary N) is 1. The van der Waals surface area contributed by atoms with E-state index >= 15 is 0 Å². The molecule has 1 saturated heterocycles. The molecule has 5 nitrogen and oxygen atoms in total. The maximum atomic E-state index is 12.0. The van der Waals surface area contributed by atoms with Crippen LogP contribution in [0.1, 0.15) is 39.4 Å². The van der Waals surface area contributed by atoms with Crippen LogP contribution < -0.4 is 5.32 Å². The number of hydrogen-bond donors (Lipinski definition) is 1. The first kappa shape index (κ1) is 14.9. The topological polar surface area (TPSA) is 54.7 Å². The predicted octanol–water partition coefficient (Wildman–Crippen LogP) is 2.77. The lowest BCUT2D eigenvalue weighted by Crippen LogP contribution is -2.49. The Bertz CT molecular complexity index is 423. The summed E-state index contributed by atoms with van der Waals surface area (Å²) in [5.41, 5.74) is -0.439. The van der Waals surface area contributed by atoms with Gasteiger partial charge in [0.25, 0.3) is 0 Å². The van der Waals surface area contributed by atoms with Crippen LogP contribution in [0.4, 0.5) is 4.79 Å². The molecule has 1 fully saturated rings. The van der Waals surface area contributed by atoms with Gasteiger partial charge in [-0.2, -0.15) is 0 Å². The highest BCUT2D eigenvalue weighted by Crippen LogP contribution is 2.15. The molecule has 1 aromatic heterocycles. The second-order valence-corrected chi connectivity index (χ2v) is 6.23. The quantitative estimate of drug-likeness (QED) is 0.925. The van der Waals surface area contributed by atoms with Gasteiger partial charge in [0.15, 0.2) is 0 Å². The molecule has 1 amide bonds. The van der Waals surface area contributed by atoms with Gasteiger partial charge >= 0.3 is 6.09 Å². The van der Waals surface area contributed by atoms with Crippen LogP contribution in [-0.2, 0) is 11.3 Å². The summed E-state index contributed by atoms with van der Waals surface area (Å²) in [5.74, 6) is 0.916. The van der Waals surface area contributed by atoms with Crippen LogP contribution in [0, 0.1) is 0 Å². The maximum absolute atomic E-state index is 12.0. The number of nitrogens with zero attached hydrogens (tertiary/aromatic N) is 1. The minimum Gasteiger partial charge on any atom is -0.468 e. The maximum Gasteiger partial charge on any atom is 0.410 e. The Hall–Kier alpha value is -1.49. The molecule has 1 atom stereocenters. The van der Waals surface area contributed by atoms with Gasteiger partial charge in [0.2, 0.25) is 0 Å². The van der Waals surface area contributed by atoms with E-state index in [1.54, 1.807) is 11.2 Å². The van der Waals surface area contributed by atoms with Crippen molar-refractivity contribution in [2.45, 2.75) is 51.8 Å². The van der Waals surface area contributed by atoms with Crippen molar-refractivity contribution >= 4 is 6.09 Å². The number of carbonyl (C=O) groups excluding carboxylic acids is 1. The number of likely N-dealkylation sites (tertiary alicyclic amines) is 1. The van der Waals surface area contributed by atoms with Crippen LogP contribution >= 0.6 is 0 Å². The fourth-order valence-corrected chi connectivity index (χ4v) is 2.29. The zero-order valence-corrected chi connectivity index (χ0v) is 12.5. The first-order chi connectivity index (χ1) is 9.44. The normalized spacial score (nSPS) is 19.9. The summed E-state index contributed by atoms with van der Waals surface area (Å²) in [6.07, 6.45) is 3.52. The first-order valence-corrected chi connectivity index (χ1v) is 7.18. The minimum absolute atomic E-state index is 0.220. The zero-order chi connectivity index (χ0) is 14.6. The second kappa shape index (κ2) is 6.31. The molecule has 0 saturated carbocycles. The molecule has 0 aliphatic carbocycles. The van der Waals surface area contributed by atoms with Crippen molar-refractivity contribution in [3.63, 3.8) is 0 Å². The number of furan rings is 1. The SMILES string of the molecule is CC(C)(C)OC(=O)N1CCCC(NCc2ccco2)C1. The van der Waals surface area contributed by atoms with Gasteiger partial charge in [0.05, 0.1) is 12.8 Å². The lowest BCUT2D eigenvalue weighted by molar-refractivity contribution is 0.0186. The monoisotopic (exact) mass is 280 g/mol. The number of rotatable bonds is 3. The highest BCUT2D eigenvalue weighted by Gasteiger charge is 2.27. The minimum atomic E-state index is -0.439. The Kier molecular flexibility index (Phi) is 4.70. The van der Waals surface area contributed by atoms with E-state index in [0.717, 1.165) is 25.1 Å². The number of ether oxygens (including phenoxy) is 1. The van der Waals surface area contributed by atoms with Gasteiger partial charge < -0.3 is 19.4 Å². The van der Waals surface area contributed by atoms with Crippen molar-refractivity contribution in [2.75, 3.05) is 13.1 Å². The molecule has 20 heavy (non-hydrogen) atoms. The van der Waals surface area contributed by atoms with Gasteiger partial charge in [0, 0.05) is 19.1 Å². The van der Waals surface area contributed by atoms with E-state index in [0.29, 0.717) is 19.1 Å². The van der Waals surface area contributed by atoms with Crippen molar-refractivity contribution in [1.82, 2.24) is 10.2 Å². The van der Waals surface area contributed by atoms with E-state index in [-0.39, 0.29) is 6.09 Å². The van der Waals surface area contributed by atoms with Crippen molar-refractivity contribution in [1.29, 1.82) is 0 Å². The third-order valence-corrected chi connectivity index (χ3v) is 3.22. The van der Waals surface area contributed by atoms with Gasteiger partial charge in [-0.3, -0.25) is 0 Å². The van der Waals surface area contributed by atoms with E-state index in [1.165, 1.54) is 0 Å². The molecule has 2 rings (SSSR count). The van der Waals surface area contributed by atoms with E-state index in [2.05, 4.69) is 5.32 Å². The van der Waals surface area contributed by atoms with Gasteiger partial charge in [-0.05, 0) is 45.7 Å². The summed E-state index contributed by atoms with van der Waals surface area (Å²) in [7, 11) is 0. The fourth-order valence-electron chi connectivity index (χ4n) is 2.29. The lowest BCUT2D eigenvalue weighted by Gasteiger charge is -2.34. The van der Waals surface area contributed by atoms with E-state index < -0.39 is 5.60 Å². The number of hydrogen-bond acceptors (Lipinski definition) is 4. The van der Waals surface area contributed by atoms with E-state index in [4.69, 9.17) is 9.15 Å². The molecule has 0 spiro atoms. The summed E-state index contributed by atoms with van der Waals surface area (Å²) in [6, 6.07) is 4.12. The highest BCUT2D eigenvalue weighted by atomic mass is 16.6. The Morgan fingerprint density at radius 1 is 1.55 bits per heavy atom. The predicted molar refractivity (Wildman–Crippen MR) is 76.4 cm³/mol. The van der Waals surface area contributed by atoms with Crippen LogP contribution in [0.5, 0.6) is 0 Å². The van der Waals surface area contributed by atoms with Crippen LogP contribution in [0.3, 0.4) is 0 Å². The second-order valence-electron chi connectivity index (χ2n) is 6.23. The molecule has 112 valence electrons. The Morgan fingerprint density at radius 3 is 3.00 bits per heavy atom. The average molecular weight is 280 g/mol. The average Bonchev–Trinajstić information content (AvgIpc) is 2.88. The summed E-state index contributed by atoms with van der Waals surface area (Å²) >= 11 is 0. The van der Waals surface area contributed by atoms with Crippen LogP contribution in [0.15, 0.2) is 22.8 Å². The lowest BCUT2D eigenvalue weighted by atomic mass is 10.1. The van der Waals surface area contributed by atoms with E-state index in [9.17, 15) is 4.79 Å². The molecule has 0 bridgehead atoms. The molecule has 1 N–H and O–H groups in total. The molecule has 2 heterocycles. The summed E-state index contributed by atoms with van der Waals surface area (Å²) < 4.78 is 10.7. The Labute approximate surface area is 120 Å². The molecule has 1 unspecified atom stereocenters. The van der Waals surface area contributed by atoms with Crippen molar-refractivity contribution in [2.24, 2.45) is 0 Å². The smallest absolute Gasteiger partial charge is 0.410 e.